The van der Waals surface area contributed by atoms with Gasteiger partial charge in [-0.25, -0.2) is 0 Å². The van der Waals surface area contributed by atoms with Crippen LogP contribution in [0.4, 0.5) is 0 Å². The molecule has 110 valence electrons. The Bertz CT molecular complexity index is 680. The minimum Gasteiger partial charge on any atom is -0.193 e. The van der Waals surface area contributed by atoms with Crippen molar-refractivity contribution in [3.63, 3.8) is 0 Å². The van der Waals surface area contributed by atoms with Gasteiger partial charge in [0.15, 0.2) is 0 Å². The molecule has 0 N–H and O–H groups in total. The first-order chi connectivity index (χ1) is 10.7. The predicted molar refractivity (Wildman–Crippen MR) is 103 cm³/mol. The lowest BCUT2D eigenvalue weighted by molar-refractivity contribution is 1.53. The van der Waals surface area contributed by atoms with E-state index in [1.54, 1.807) is 6.08 Å². The molecule has 0 unspecified atom stereocenters. The van der Waals surface area contributed by atoms with Crippen LogP contribution >= 0.6 is 31.9 Å². The topological polar surface area (TPSA) is 23.8 Å². The van der Waals surface area contributed by atoms with Gasteiger partial charge in [0.25, 0.3) is 0 Å². The van der Waals surface area contributed by atoms with E-state index < -0.39 is 0 Å². The Hall–Kier alpha value is -1.89. The fourth-order valence-electron chi connectivity index (χ4n) is 1.50. The van der Waals surface area contributed by atoms with Gasteiger partial charge in [-0.1, -0.05) is 73.3 Å². The molecule has 2 rings (SSSR count). The van der Waals surface area contributed by atoms with E-state index in [2.05, 4.69) is 38.4 Å². The average molecular weight is 417 g/mol. The van der Waals surface area contributed by atoms with Crippen LogP contribution in [0.25, 0.3) is 10.6 Å². The number of hydrogen-bond donors (Lipinski definition) is 0. The van der Waals surface area contributed by atoms with Crippen molar-refractivity contribution in [2.24, 2.45) is 0 Å². The summed E-state index contributed by atoms with van der Waals surface area (Å²) in [6.45, 7) is 3.63. The molecule has 0 spiro atoms. The molecule has 0 saturated heterocycles. The van der Waals surface area contributed by atoms with Gasteiger partial charge in [-0.05, 0) is 49.1 Å². The second kappa shape index (κ2) is 10.8. The molecular weight excluding hydrogens is 402 g/mol. The standard InChI is InChI=1S/C11H7Br2N.C8H8/c12-10(7-4-8-14)11(13)9-5-2-1-3-6-9;1-2-8-6-4-3-5-7-8/h1-7H;2-7H,1H2. The van der Waals surface area contributed by atoms with E-state index in [0.717, 1.165) is 14.5 Å². The van der Waals surface area contributed by atoms with Crippen molar-refractivity contribution < 1.29 is 0 Å². The summed E-state index contributed by atoms with van der Waals surface area (Å²) < 4.78 is 1.79. The summed E-state index contributed by atoms with van der Waals surface area (Å²) in [6.07, 6.45) is 4.96. The van der Waals surface area contributed by atoms with E-state index in [0.29, 0.717) is 0 Å². The van der Waals surface area contributed by atoms with Gasteiger partial charge in [0.2, 0.25) is 0 Å². The third-order valence-electron chi connectivity index (χ3n) is 2.58. The van der Waals surface area contributed by atoms with Crippen LogP contribution < -0.4 is 0 Å². The maximum Gasteiger partial charge on any atom is 0.0912 e. The summed E-state index contributed by atoms with van der Waals surface area (Å²) >= 11 is 6.83. The highest BCUT2D eigenvalue weighted by atomic mass is 79.9. The zero-order chi connectivity index (χ0) is 16.2. The highest BCUT2D eigenvalue weighted by Crippen LogP contribution is 2.28. The first-order valence-electron chi connectivity index (χ1n) is 6.53. The van der Waals surface area contributed by atoms with Crippen LogP contribution in [0, 0.1) is 11.3 Å². The lowest BCUT2D eigenvalue weighted by atomic mass is 10.2. The third kappa shape index (κ3) is 6.71. The van der Waals surface area contributed by atoms with Crippen LogP contribution in [0.3, 0.4) is 0 Å². The number of allylic oxidation sites excluding steroid dienone is 3. The molecule has 22 heavy (non-hydrogen) atoms. The van der Waals surface area contributed by atoms with E-state index >= 15 is 0 Å². The molecule has 0 aliphatic heterocycles. The van der Waals surface area contributed by atoms with Crippen LogP contribution in [-0.4, -0.2) is 0 Å². The first kappa shape index (κ1) is 18.2. The van der Waals surface area contributed by atoms with Gasteiger partial charge in [0.1, 0.15) is 0 Å². The molecule has 0 heterocycles. The van der Waals surface area contributed by atoms with Crippen molar-refractivity contribution in [1.29, 1.82) is 5.26 Å². The smallest absolute Gasteiger partial charge is 0.0912 e. The summed E-state index contributed by atoms with van der Waals surface area (Å²) in [5.41, 5.74) is 2.24. The Balaban J connectivity index is 0.000000255. The average Bonchev–Trinajstić information content (AvgIpc) is 2.61. The molecule has 0 aliphatic carbocycles. The number of hydrogen-bond acceptors (Lipinski definition) is 1. The molecule has 3 heteroatoms. The van der Waals surface area contributed by atoms with Crippen LogP contribution in [0.2, 0.25) is 0 Å². The first-order valence-corrected chi connectivity index (χ1v) is 8.12. The van der Waals surface area contributed by atoms with Gasteiger partial charge in [0.05, 0.1) is 6.07 Å². The monoisotopic (exact) mass is 415 g/mol. The van der Waals surface area contributed by atoms with Gasteiger partial charge in [0, 0.05) is 15.0 Å². The predicted octanol–water partition coefficient (Wildman–Crippen LogP) is 6.55. The zero-order valence-corrected chi connectivity index (χ0v) is 15.1. The van der Waals surface area contributed by atoms with Crippen molar-refractivity contribution in [2.75, 3.05) is 0 Å². The molecule has 0 amide bonds. The molecule has 0 fully saturated rings. The molecule has 0 bridgehead atoms. The number of nitrogens with zero attached hydrogens (tertiary/aromatic N) is 1. The van der Waals surface area contributed by atoms with Crippen LogP contribution in [0.5, 0.6) is 0 Å². The Labute approximate surface area is 148 Å². The zero-order valence-electron chi connectivity index (χ0n) is 11.9. The highest BCUT2D eigenvalue weighted by molar-refractivity contribution is 9.16. The van der Waals surface area contributed by atoms with Gasteiger partial charge in [-0.15, -0.1) is 0 Å². The summed E-state index contributed by atoms with van der Waals surface area (Å²) in [4.78, 5) is 0. The Morgan fingerprint density at radius 3 is 1.95 bits per heavy atom. The van der Waals surface area contributed by atoms with E-state index in [4.69, 9.17) is 5.26 Å². The Kier molecular flexibility index (Phi) is 8.90. The minimum absolute atomic E-state index is 0.852. The van der Waals surface area contributed by atoms with E-state index in [9.17, 15) is 0 Å². The van der Waals surface area contributed by atoms with Crippen LogP contribution in [0.1, 0.15) is 11.1 Å². The summed E-state index contributed by atoms with van der Waals surface area (Å²) in [6, 6.07) is 21.8. The van der Waals surface area contributed by atoms with E-state index in [1.165, 1.54) is 11.6 Å². The largest absolute Gasteiger partial charge is 0.193 e. The Morgan fingerprint density at radius 2 is 1.50 bits per heavy atom. The maximum atomic E-state index is 8.37. The number of halogens is 2. The lowest BCUT2D eigenvalue weighted by Crippen LogP contribution is -1.76. The molecule has 0 aromatic heterocycles. The number of rotatable bonds is 3. The molecule has 2 aromatic rings. The second-order valence-electron chi connectivity index (χ2n) is 4.11. The van der Waals surface area contributed by atoms with Crippen molar-refractivity contribution in [3.8, 4) is 6.07 Å². The number of benzene rings is 2. The third-order valence-corrected chi connectivity index (χ3v) is 4.65. The van der Waals surface area contributed by atoms with Crippen molar-refractivity contribution >= 4 is 42.4 Å². The molecular formula is C19H15Br2N. The fraction of sp³-hybridized carbons (Fsp3) is 0. The van der Waals surface area contributed by atoms with Gasteiger partial charge >= 0.3 is 0 Å². The Morgan fingerprint density at radius 1 is 0.955 bits per heavy atom. The quantitative estimate of drug-likeness (QED) is 0.410. The molecule has 2 aromatic carbocycles. The van der Waals surface area contributed by atoms with Gasteiger partial charge in [-0.3, -0.25) is 0 Å². The fourth-order valence-corrected chi connectivity index (χ4v) is 2.25. The minimum atomic E-state index is 0.852. The normalized spacial score (nSPS) is 11.0. The highest BCUT2D eigenvalue weighted by Gasteiger charge is 1.99. The lowest BCUT2D eigenvalue weighted by Gasteiger charge is -1.99. The van der Waals surface area contributed by atoms with Crippen molar-refractivity contribution in [1.82, 2.24) is 0 Å². The second-order valence-corrected chi connectivity index (χ2v) is 5.75. The SMILES string of the molecule is C=Cc1ccccc1.N#CC=CC(Br)=C(Br)c1ccccc1. The molecule has 0 atom stereocenters. The van der Waals surface area contributed by atoms with Crippen molar-refractivity contribution in [2.45, 2.75) is 0 Å². The molecule has 0 saturated carbocycles. The van der Waals surface area contributed by atoms with Crippen molar-refractivity contribution in [3.05, 3.63) is 95.0 Å². The number of nitriles is 1. The summed E-state index contributed by atoms with van der Waals surface area (Å²) in [5, 5.41) is 8.37. The van der Waals surface area contributed by atoms with Gasteiger partial charge in [-0.2, -0.15) is 5.26 Å². The molecule has 0 aliphatic rings. The van der Waals surface area contributed by atoms with E-state index in [1.807, 2.05) is 72.8 Å². The van der Waals surface area contributed by atoms with Crippen LogP contribution in [0.15, 0.2) is 83.9 Å². The molecule has 1 nitrogen and oxygen atoms in total. The summed E-state index contributed by atoms with van der Waals surface area (Å²) in [7, 11) is 0. The van der Waals surface area contributed by atoms with Crippen LogP contribution in [-0.2, 0) is 0 Å². The van der Waals surface area contributed by atoms with Gasteiger partial charge < -0.3 is 0 Å². The van der Waals surface area contributed by atoms with E-state index in [-0.39, 0.29) is 0 Å². The maximum absolute atomic E-state index is 8.37. The molecule has 0 radical (unpaired) electrons. The summed E-state index contributed by atoms with van der Waals surface area (Å²) in [5.74, 6) is 0.